The van der Waals surface area contributed by atoms with E-state index in [0.29, 0.717) is 48.0 Å². The minimum atomic E-state index is -1.01. The van der Waals surface area contributed by atoms with Gasteiger partial charge < -0.3 is 50.7 Å². The minimum Gasteiger partial charge on any atom is -0.511 e. The van der Waals surface area contributed by atoms with Gasteiger partial charge in [0, 0.05) is 100 Å². The molecule has 10 heterocycles. The van der Waals surface area contributed by atoms with E-state index in [4.69, 9.17) is 57.5 Å². The summed E-state index contributed by atoms with van der Waals surface area (Å²) in [6.07, 6.45) is 11.5. The van der Waals surface area contributed by atoms with Crippen LogP contribution in [0.2, 0.25) is 0 Å². The molecule has 620 valence electrons. The number of aliphatic hydroxyl groups is 4. The Morgan fingerprint density at radius 3 is 1.24 bits per heavy atom. The van der Waals surface area contributed by atoms with E-state index in [2.05, 4.69) is 122 Å². The number of allylic oxidation sites excluding steroid dienone is 24. The molecule has 12 aliphatic rings. The van der Waals surface area contributed by atoms with Gasteiger partial charge in [0.2, 0.25) is 0 Å². The Hall–Kier alpha value is -10.2. The summed E-state index contributed by atoms with van der Waals surface area (Å²) in [6, 6.07) is 14.1. The molecule has 0 amide bonds. The summed E-state index contributed by atoms with van der Waals surface area (Å²) < 4.78 is 11.7. The van der Waals surface area contributed by atoms with Crippen molar-refractivity contribution in [3.8, 4) is 0 Å². The topological polar surface area (TPSA) is 306 Å². The maximum Gasteiger partial charge on any atom is 0.338 e. The third kappa shape index (κ3) is 17.9. The molecule has 8 N–H and O–H groups in total. The Kier molecular flexibility index (Phi) is 25.5. The van der Waals surface area contributed by atoms with E-state index in [0.717, 1.165) is 187 Å². The standard InChI is InChI=1S/C45H50N4O5.C34H37BrN4O3.C11H13BO2.C6H14O2/c1-11-28-22(4)31-20-34-37(21(2)3)25(7)41(48-34)39(26-12-14-27(15-13-26)44(53)54-45(8,9)10)40-23(5)29(16-17-36(51)52)42(49-40)30-18-35(50)38-24(6)32(47-43(30)38)19-33(28)46-31;1-8-19-15(4)22-13-25-28(14(2)3)18(7)32(38-25)30(35)31-16(5)20(9-10-27(41)42)33(39-31)21-11-26(40)29-17(6)23(37-34(21)29)12-24(19)36-22;1-11(2,3)14-10(13)8-4-6-9(12)7-5-8;1-5(2,7)6(3,4)8/h12-15,19-21,23,29,49-50H,11,16-18H2,1-10H3,(H,51,52);12-14,16,20,39-40H,8-11H2,1-7H3,(H,41,42);4-7H,1-3H3;7-8H,1-4H3/t23-,29-;16-,20-;;/m00../s1. The number of hydrogen-bond donors (Lipinski definition) is 8. The number of rotatable bonds is 14. The Morgan fingerprint density at radius 2 is 0.864 bits per heavy atom. The highest BCUT2D eigenvalue weighted by Gasteiger charge is 2.46. The Morgan fingerprint density at radius 1 is 0.492 bits per heavy atom. The van der Waals surface area contributed by atoms with Crippen LogP contribution in [-0.2, 0) is 19.1 Å². The summed E-state index contributed by atoms with van der Waals surface area (Å²) in [4.78, 5) is 79.4. The van der Waals surface area contributed by atoms with Crippen molar-refractivity contribution in [2.45, 2.75) is 240 Å². The molecule has 20 nitrogen and oxygen atoms in total. The predicted octanol–water partition coefficient (Wildman–Crippen LogP) is 19.5. The van der Waals surface area contributed by atoms with Crippen LogP contribution in [0.4, 0.5) is 0 Å². The SMILES string of the molecule is CC(C)(O)C(C)(C)O.CCC1=C(C)C2=NC1=CC1=C(C)C3=C(O)CC(=C4NC(=C(Br)C5=NC(=C2)C(C(C)C)=C5C)[C@@H](C)[C@@H]4CCC(=O)O)C3=N1.CCC1=C(C)C2=NC1=CC1=C(C)C3=C(O)CC(=C4NC(=C(c5ccc(C(=O)OC(C)(C)C)cc5)C5=NC(=C2)C(C(C)C)=C5C)[C@@H](C)[C@@H]4CCC(=O)O)C3=N1.[B]c1ccc(C(=O)OC(C)(C)C)cc1. The third-order valence-corrected chi connectivity index (χ3v) is 24.5. The molecular weight excluding hydrogens is 1550 g/mol. The lowest BCUT2D eigenvalue weighted by molar-refractivity contribution is -0.138. The average molecular weight is 1660 g/mol. The number of halogens is 1. The van der Waals surface area contributed by atoms with Crippen LogP contribution in [0.25, 0.3) is 5.57 Å². The largest absolute Gasteiger partial charge is 0.511 e. The lowest BCUT2D eigenvalue weighted by Gasteiger charge is -2.31. The van der Waals surface area contributed by atoms with Crippen LogP contribution in [0.15, 0.2) is 254 Å². The number of carbonyl (C=O) groups excluding carboxylic acids is 2. The fraction of sp³-hybridized carbons (Fsp3) is 0.438. The molecule has 2 fully saturated rings. The zero-order chi connectivity index (χ0) is 86.9. The van der Waals surface area contributed by atoms with Gasteiger partial charge in [0.25, 0.3) is 0 Å². The van der Waals surface area contributed by atoms with E-state index in [9.17, 15) is 39.6 Å². The third-order valence-electron chi connectivity index (χ3n) is 23.7. The van der Waals surface area contributed by atoms with Gasteiger partial charge in [-0.05, 0) is 274 Å². The summed E-state index contributed by atoms with van der Waals surface area (Å²) >= 11 is 3.94. The molecule has 2 aliphatic carbocycles. The highest BCUT2D eigenvalue weighted by Crippen LogP contribution is 2.52. The number of carboxylic acid groups (broad SMARTS) is 2. The number of fused-ring (bicyclic) bond motifs is 10. The summed E-state index contributed by atoms with van der Waals surface area (Å²) in [5, 5.41) is 67.9. The van der Waals surface area contributed by atoms with Crippen molar-refractivity contribution in [3.63, 3.8) is 0 Å². The molecule has 0 saturated carbocycles. The maximum atomic E-state index is 13.1. The van der Waals surface area contributed by atoms with Gasteiger partial charge >= 0.3 is 23.9 Å². The number of aliphatic hydroxyl groups excluding tert-OH is 2. The number of nitrogens with one attached hydrogen (secondary N) is 2. The van der Waals surface area contributed by atoms with Gasteiger partial charge in [-0.15, -0.1) is 0 Å². The summed E-state index contributed by atoms with van der Waals surface area (Å²) in [5.74, 6) is -1.82. The lowest BCUT2D eigenvalue weighted by Crippen LogP contribution is -2.44. The normalized spacial score (nSPS) is 21.5. The molecule has 2 radical (unpaired) electrons. The van der Waals surface area contributed by atoms with Gasteiger partial charge in [-0.3, -0.25) is 9.59 Å². The molecule has 2 saturated heterocycles. The quantitative estimate of drug-likeness (QED) is 0.0644. The monoisotopic (exact) mass is 1660 g/mol. The second kappa shape index (κ2) is 33.9. The van der Waals surface area contributed by atoms with Gasteiger partial charge in [-0.1, -0.05) is 85.1 Å². The van der Waals surface area contributed by atoms with Crippen molar-refractivity contribution in [2.24, 2.45) is 65.5 Å². The smallest absolute Gasteiger partial charge is 0.338 e. The van der Waals surface area contributed by atoms with Crippen LogP contribution in [0.1, 0.15) is 244 Å². The van der Waals surface area contributed by atoms with Crippen molar-refractivity contribution in [1.29, 1.82) is 0 Å². The second-order valence-corrected chi connectivity index (χ2v) is 36.6. The van der Waals surface area contributed by atoms with Crippen LogP contribution in [0, 0.1) is 35.5 Å². The number of hydrogen-bond acceptors (Lipinski definition) is 18. The maximum absolute atomic E-state index is 13.1. The van der Waals surface area contributed by atoms with Crippen LogP contribution in [0.3, 0.4) is 0 Å². The molecule has 0 aromatic heterocycles. The first-order chi connectivity index (χ1) is 55.0. The number of aliphatic carboxylic acids is 2. The highest BCUT2D eigenvalue weighted by molar-refractivity contribution is 9.12. The molecule has 22 heteroatoms. The number of ether oxygens (including phenoxy) is 2. The summed E-state index contributed by atoms with van der Waals surface area (Å²) in [6.45, 7) is 47.2. The average Bonchev–Trinajstić information content (AvgIpc) is 1.58. The zero-order valence-corrected chi connectivity index (χ0v) is 74.4. The minimum absolute atomic E-state index is 0.00413. The van der Waals surface area contributed by atoms with E-state index in [1.807, 2.05) is 79.7 Å². The first kappa shape index (κ1) is 88.7. The van der Waals surface area contributed by atoms with E-state index in [1.54, 1.807) is 64.1 Å². The van der Waals surface area contributed by atoms with Crippen molar-refractivity contribution in [3.05, 3.63) is 241 Å². The Labute approximate surface area is 704 Å². The first-order valence-corrected chi connectivity index (χ1v) is 41.8. The number of aliphatic imine (C=N–C) groups is 6. The lowest BCUT2D eigenvalue weighted by atomic mass is 9.83. The van der Waals surface area contributed by atoms with Crippen molar-refractivity contribution >= 4 is 93.0 Å². The zero-order valence-electron chi connectivity index (χ0n) is 72.8. The molecular formula is C96H114BBrN8O12. The van der Waals surface area contributed by atoms with Gasteiger partial charge in [-0.25, -0.2) is 39.5 Å². The second-order valence-electron chi connectivity index (χ2n) is 35.8. The van der Waals surface area contributed by atoms with Crippen LogP contribution < -0.4 is 16.1 Å². The van der Waals surface area contributed by atoms with Crippen molar-refractivity contribution < 1.29 is 59.3 Å². The summed E-state index contributed by atoms with van der Waals surface area (Å²) in [5.41, 5.74) is 28.2. The number of benzene rings is 2. The molecule has 16 bridgehead atoms. The molecule has 118 heavy (non-hydrogen) atoms. The highest BCUT2D eigenvalue weighted by atomic mass is 79.9. The van der Waals surface area contributed by atoms with Crippen LogP contribution in [-0.4, -0.2) is 119 Å². The molecule has 2 aromatic carbocycles. The van der Waals surface area contributed by atoms with Gasteiger partial charge in [0.15, 0.2) is 0 Å². The fourth-order valence-electron chi connectivity index (χ4n) is 16.9. The predicted molar refractivity (Wildman–Crippen MR) is 475 cm³/mol. The number of nitrogens with zero attached hydrogens (tertiary/aromatic N) is 6. The van der Waals surface area contributed by atoms with Crippen LogP contribution in [0.5, 0.6) is 0 Å². The number of esters is 2. The van der Waals surface area contributed by atoms with E-state index < -0.39 is 40.3 Å². The molecule has 0 spiro atoms. The van der Waals surface area contributed by atoms with E-state index >= 15 is 0 Å². The van der Waals surface area contributed by atoms with E-state index in [-0.39, 0.29) is 60.1 Å². The molecule has 4 atom stereocenters. The first-order valence-electron chi connectivity index (χ1n) is 41.0. The van der Waals surface area contributed by atoms with Crippen molar-refractivity contribution in [1.82, 2.24) is 10.6 Å². The van der Waals surface area contributed by atoms with Gasteiger partial charge in [-0.2, -0.15) is 0 Å². The van der Waals surface area contributed by atoms with Crippen LogP contribution >= 0.6 is 15.9 Å². The molecule has 14 rings (SSSR count). The van der Waals surface area contributed by atoms with Crippen molar-refractivity contribution in [2.75, 3.05) is 0 Å². The number of carbonyl (C=O) groups is 4. The van der Waals surface area contributed by atoms with E-state index in [1.165, 1.54) is 11.1 Å². The molecule has 10 aliphatic heterocycles. The fourth-order valence-corrected chi connectivity index (χ4v) is 17.7. The molecule has 2 aromatic rings. The number of carboxylic acids is 2. The van der Waals surface area contributed by atoms with Gasteiger partial charge in [0.1, 0.15) is 30.6 Å². The summed E-state index contributed by atoms with van der Waals surface area (Å²) in [7, 11) is 5.50. The Balaban J connectivity index is 0.000000187. The molecule has 0 unspecified atom stereocenters. The Bertz CT molecular complexity index is 5410. The van der Waals surface area contributed by atoms with Gasteiger partial charge in [0.05, 0.1) is 95.3 Å².